The Balaban J connectivity index is 2.51. The zero-order valence-corrected chi connectivity index (χ0v) is 16.8. The van der Waals surface area contributed by atoms with Crippen LogP contribution in [0.4, 0.5) is 0 Å². The van der Waals surface area contributed by atoms with Crippen LogP contribution in [0.1, 0.15) is 78.4 Å². The monoisotopic (exact) mass is 322 g/mol. The first-order valence-electron chi connectivity index (χ1n) is 9.15. The van der Waals surface area contributed by atoms with Crippen LogP contribution in [0.2, 0.25) is 0 Å². The predicted molar refractivity (Wildman–Crippen MR) is 107 cm³/mol. The molecule has 1 aromatic rings. The number of benzene rings is 1. The highest BCUT2D eigenvalue weighted by Crippen LogP contribution is 2.46. The van der Waals surface area contributed by atoms with Crippen molar-refractivity contribution in [3.63, 3.8) is 0 Å². The molecule has 0 saturated heterocycles. The lowest BCUT2D eigenvalue weighted by atomic mass is 9.68. The first-order chi connectivity index (χ1) is 10.9. The summed E-state index contributed by atoms with van der Waals surface area (Å²) in [5, 5.41) is 0. The normalized spacial score (nSPS) is 17.1. The van der Waals surface area contributed by atoms with Gasteiger partial charge in [0.05, 0.1) is 0 Å². The molecule has 0 radical (unpaired) electrons. The van der Waals surface area contributed by atoms with Crippen molar-refractivity contribution in [1.29, 1.82) is 0 Å². The van der Waals surface area contributed by atoms with E-state index in [1.807, 2.05) is 0 Å². The summed E-state index contributed by atoms with van der Waals surface area (Å²) in [7, 11) is 0. The van der Waals surface area contributed by atoms with E-state index in [0.717, 1.165) is 0 Å². The minimum Gasteiger partial charge on any atom is -0.0912 e. The van der Waals surface area contributed by atoms with Crippen molar-refractivity contribution in [2.75, 3.05) is 0 Å². The van der Waals surface area contributed by atoms with Crippen LogP contribution >= 0.6 is 0 Å². The van der Waals surface area contributed by atoms with Crippen LogP contribution in [-0.4, -0.2) is 0 Å². The molecule has 0 aliphatic heterocycles. The molecule has 0 bridgehead atoms. The van der Waals surface area contributed by atoms with Gasteiger partial charge in [0.15, 0.2) is 0 Å². The second-order valence-corrected chi connectivity index (χ2v) is 9.49. The van der Waals surface area contributed by atoms with Crippen molar-refractivity contribution in [2.24, 2.45) is 10.8 Å². The van der Waals surface area contributed by atoms with E-state index in [2.05, 4.69) is 98.4 Å². The lowest BCUT2D eigenvalue weighted by Crippen LogP contribution is -2.22. The van der Waals surface area contributed by atoms with Gasteiger partial charge in [-0.25, -0.2) is 0 Å². The summed E-state index contributed by atoms with van der Waals surface area (Å²) in [5.74, 6) is 0.909. The molecule has 0 fully saturated rings. The van der Waals surface area contributed by atoms with Crippen LogP contribution < -0.4 is 0 Å². The summed E-state index contributed by atoms with van der Waals surface area (Å²) in [6.07, 6.45) is 4.84. The van der Waals surface area contributed by atoms with Gasteiger partial charge in [0.2, 0.25) is 0 Å². The number of hydrogen-bond donors (Lipinski definition) is 0. The maximum atomic E-state index is 4.44. The molecule has 0 amide bonds. The first-order valence-corrected chi connectivity index (χ1v) is 9.15. The topological polar surface area (TPSA) is 0 Å². The average Bonchev–Trinajstić information content (AvgIpc) is 2.45. The molecule has 1 aromatic carbocycles. The summed E-state index contributed by atoms with van der Waals surface area (Å²) in [6.45, 7) is 22.6. The van der Waals surface area contributed by atoms with Crippen molar-refractivity contribution in [3.8, 4) is 0 Å². The van der Waals surface area contributed by atoms with Crippen molar-refractivity contribution in [2.45, 2.75) is 67.2 Å². The van der Waals surface area contributed by atoms with E-state index < -0.39 is 0 Å². The maximum absolute atomic E-state index is 4.44. The minimum absolute atomic E-state index is 0.109. The van der Waals surface area contributed by atoms with E-state index in [4.69, 9.17) is 0 Å². The predicted octanol–water partition coefficient (Wildman–Crippen LogP) is 7.41. The molecule has 2 rings (SSSR count). The molecule has 0 unspecified atom stereocenters. The Hall–Kier alpha value is -1.56. The molecule has 0 saturated carbocycles. The summed E-state index contributed by atoms with van der Waals surface area (Å²) in [6, 6.07) is 9.14. The fourth-order valence-corrected chi connectivity index (χ4v) is 3.45. The van der Waals surface area contributed by atoms with Crippen LogP contribution in [0.15, 0.2) is 59.7 Å². The number of allylic oxidation sites excluding steroid dienone is 5. The average molecular weight is 323 g/mol. The molecular formula is C24H34. The molecule has 0 spiro atoms. The highest BCUT2D eigenvalue weighted by molar-refractivity contribution is 5.56. The van der Waals surface area contributed by atoms with Gasteiger partial charge in [-0.2, -0.15) is 0 Å². The second-order valence-electron chi connectivity index (χ2n) is 9.49. The summed E-state index contributed by atoms with van der Waals surface area (Å²) in [5.41, 5.74) is 6.97. The van der Waals surface area contributed by atoms with E-state index in [1.165, 1.54) is 27.8 Å². The third-order valence-corrected chi connectivity index (χ3v) is 4.95. The van der Waals surface area contributed by atoms with Crippen LogP contribution in [0.5, 0.6) is 0 Å². The van der Waals surface area contributed by atoms with Gasteiger partial charge in [0.1, 0.15) is 0 Å². The zero-order chi connectivity index (χ0) is 18.3. The first kappa shape index (κ1) is 18.8. The standard InChI is InChI=1S/C24H34/c1-16(2)18-10-12-19(13-11-18)20-14-21(23(4,5)6)17(3)22(15-20)24(7,8)9/h10-16,20H,3H2,1-2,4-9H3. The molecule has 130 valence electrons. The number of hydrogen-bond acceptors (Lipinski definition) is 0. The highest BCUT2D eigenvalue weighted by atomic mass is 14.4. The Morgan fingerprint density at radius 2 is 1.21 bits per heavy atom. The summed E-state index contributed by atoms with van der Waals surface area (Å²) >= 11 is 0. The van der Waals surface area contributed by atoms with E-state index >= 15 is 0 Å². The highest BCUT2D eigenvalue weighted by Gasteiger charge is 2.31. The number of rotatable bonds is 2. The Labute approximate surface area is 149 Å². The molecule has 24 heavy (non-hydrogen) atoms. The molecule has 0 N–H and O–H groups in total. The molecule has 1 aliphatic carbocycles. The third-order valence-electron chi connectivity index (χ3n) is 4.95. The molecule has 0 aromatic heterocycles. The fraction of sp³-hybridized carbons (Fsp3) is 0.500. The summed E-state index contributed by atoms with van der Waals surface area (Å²) in [4.78, 5) is 0. The fourth-order valence-electron chi connectivity index (χ4n) is 3.45. The van der Waals surface area contributed by atoms with Gasteiger partial charge >= 0.3 is 0 Å². The van der Waals surface area contributed by atoms with Gasteiger partial charge in [-0.1, -0.05) is 98.4 Å². The van der Waals surface area contributed by atoms with Gasteiger partial charge in [0, 0.05) is 5.92 Å². The summed E-state index contributed by atoms with van der Waals surface area (Å²) < 4.78 is 0. The lowest BCUT2D eigenvalue weighted by Gasteiger charge is -2.36. The second kappa shape index (κ2) is 6.39. The Morgan fingerprint density at radius 3 is 1.54 bits per heavy atom. The molecular weight excluding hydrogens is 288 g/mol. The van der Waals surface area contributed by atoms with Crippen LogP contribution in [-0.2, 0) is 0 Å². The van der Waals surface area contributed by atoms with Crippen LogP contribution in [0.3, 0.4) is 0 Å². The SMILES string of the molecule is C=C1C(C(C)(C)C)=CC(c2ccc(C(C)C)cc2)C=C1C(C)(C)C. The van der Waals surface area contributed by atoms with Crippen molar-refractivity contribution in [1.82, 2.24) is 0 Å². The Morgan fingerprint density at radius 1 is 0.792 bits per heavy atom. The molecule has 0 atom stereocenters. The lowest BCUT2D eigenvalue weighted by molar-refractivity contribution is 0.475. The Kier molecular flexibility index (Phi) is 5.00. The largest absolute Gasteiger partial charge is 0.0912 e. The minimum atomic E-state index is 0.109. The van der Waals surface area contributed by atoms with Crippen LogP contribution in [0, 0.1) is 10.8 Å². The van der Waals surface area contributed by atoms with E-state index in [0.29, 0.717) is 11.8 Å². The van der Waals surface area contributed by atoms with E-state index in [-0.39, 0.29) is 10.8 Å². The van der Waals surface area contributed by atoms with Crippen molar-refractivity contribution < 1.29 is 0 Å². The third kappa shape index (κ3) is 3.91. The van der Waals surface area contributed by atoms with Crippen molar-refractivity contribution in [3.05, 3.63) is 70.8 Å². The van der Waals surface area contributed by atoms with Crippen molar-refractivity contribution >= 4 is 0 Å². The van der Waals surface area contributed by atoms with Gasteiger partial charge in [-0.05, 0) is 44.6 Å². The smallest absolute Gasteiger partial charge is 0.0210 e. The van der Waals surface area contributed by atoms with Crippen LogP contribution in [0.25, 0.3) is 0 Å². The quantitative estimate of drug-likeness (QED) is 0.532. The maximum Gasteiger partial charge on any atom is 0.0210 e. The molecule has 0 nitrogen and oxygen atoms in total. The van der Waals surface area contributed by atoms with Gasteiger partial charge in [-0.3, -0.25) is 0 Å². The molecule has 0 heteroatoms. The molecule has 0 heterocycles. The molecule has 1 aliphatic rings. The van der Waals surface area contributed by atoms with E-state index in [1.54, 1.807) is 0 Å². The van der Waals surface area contributed by atoms with Gasteiger partial charge in [-0.15, -0.1) is 0 Å². The van der Waals surface area contributed by atoms with Gasteiger partial charge < -0.3 is 0 Å². The Bertz CT molecular complexity index is 630. The van der Waals surface area contributed by atoms with E-state index in [9.17, 15) is 0 Å². The van der Waals surface area contributed by atoms with Gasteiger partial charge in [0.25, 0.3) is 0 Å². The zero-order valence-electron chi connectivity index (χ0n) is 16.8.